The average molecular weight is 339 g/mol. The van der Waals surface area contributed by atoms with Gasteiger partial charge in [-0.25, -0.2) is 0 Å². The fraction of sp³-hybridized carbons (Fsp3) is 0.647. The van der Waals surface area contributed by atoms with Crippen molar-refractivity contribution >= 4 is 21.6 Å². The summed E-state index contributed by atoms with van der Waals surface area (Å²) in [6, 6.07) is 6.65. The molecule has 0 saturated carbocycles. The Morgan fingerprint density at radius 3 is 2.30 bits per heavy atom. The fourth-order valence-corrected chi connectivity index (χ4v) is 3.81. The van der Waals surface area contributed by atoms with Crippen molar-refractivity contribution in [2.45, 2.75) is 46.6 Å². The first-order valence-corrected chi connectivity index (χ1v) is 8.38. The zero-order valence-corrected chi connectivity index (χ0v) is 14.7. The molecule has 1 aliphatic heterocycles. The summed E-state index contributed by atoms with van der Waals surface area (Å²) in [7, 11) is 0. The van der Waals surface area contributed by atoms with E-state index < -0.39 is 0 Å². The Morgan fingerprint density at radius 1 is 1.25 bits per heavy atom. The minimum Gasteiger partial charge on any atom is -0.371 e. The van der Waals surface area contributed by atoms with Crippen LogP contribution in [0.25, 0.3) is 0 Å². The van der Waals surface area contributed by atoms with Gasteiger partial charge in [0.05, 0.1) is 0 Å². The van der Waals surface area contributed by atoms with Crippen molar-refractivity contribution in [3.05, 3.63) is 28.2 Å². The molecule has 0 spiro atoms. The first-order chi connectivity index (χ1) is 9.29. The number of anilines is 1. The SMILES string of the molecule is CC(N)c1ccc(N2CCC(C(C)(C)C)CC2)cc1Br. The van der Waals surface area contributed by atoms with Crippen molar-refractivity contribution in [1.29, 1.82) is 0 Å². The van der Waals surface area contributed by atoms with Crippen LogP contribution >= 0.6 is 15.9 Å². The molecule has 1 aromatic rings. The lowest BCUT2D eigenvalue weighted by molar-refractivity contribution is 0.199. The van der Waals surface area contributed by atoms with E-state index in [1.165, 1.54) is 24.1 Å². The molecule has 1 saturated heterocycles. The van der Waals surface area contributed by atoms with Crippen LogP contribution in [0, 0.1) is 11.3 Å². The molecule has 0 radical (unpaired) electrons. The largest absolute Gasteiger partial charge is 0.371 e. The van der Waals surface area contributed by atoms with Crippen LogP contribution in [0.5, 0.6) is 0 Å². The predicted molar refractivity (Wildman–Crippen MR) is 91.1 cm³/mol. The van der Waals surface area contributed by atoms with Gasteiger partial charge in [0.2, 0.25) is 0 Å². The summed E-state index contributed by atoms with van der Waals surface area (Å²) < 4.78 is 1.13. The maximum Gasteiger partial charge on any atom is 0.0377 e. The standard InChI is InChI=1S/C17H27BrN2/c1-12(19)15-6-5-14(11-16(15)18)20-9-7-13(8-10-20)17(2,3)4/h5-6,11-13H,7-10,19H2,1-4H3. The van der Waals surface area contributed by atoms with Crippen LogP contribution in [0.3, 0.4) is 0 Å². The van der Waals surface area contributed by atoms with Crippen molar-refractivity contribution in [3.8, 4) is 0 Å². The average Bonchev–Trinajstić information content (AvgIpc) is 2.37. The van der Waals surface area contributed by atoms with Gasteiger partial charge in [-0.15, -0.1) is 0 Å². The summed E-state index contributed by atoms with van der Waals surface area (Å²) >= 11 is 3.65. The second-order valence-corrected chi connectivity index (χ2v) is 7.98. The second-order valence-electron chi connectivity index (χ2n) is 7.12. The molecule has 1 heterocycles. The molecular weight excluding hydrogens is 312 g/mol. The second kappa shape index (κ2) is 6.07. The topological polar surface area (TPSA) is 29.3 Å². The highest BCUT2D eigenvalue weighted by Crippen LogP contribution is 2.36. The van der Waals surface area contributed by atoms with Crippen LogP contribution in [0.4, 0.5) is 5.69 Å². The number of hydrogen-bond donors (Lipinski definition) is 1. The first-order valence-electron chi connectivity index (χ1n) is 7.59. The molecule has 2 N–H and O–H groups in total. The van der Waals surface area contributed by atoms with Gasteiger partial charge in [0.25, 0.3) is 0 Å². The molecule has 0 aromatic heterocycles. The third kappa shape index (κ3) is 3.56. The lowest BCUT2D eigenvalue weighted by Crippen LogP contribution is -2.38. The minimum atomic E-state index is 0.0741. The molecule has 1 fully saturated rings. The van der Waals surface area contributed by atoms with Crippen LogP contribution in [-0.4, -0.2) is 13.1 Å². The predicted octanol–water partition coefficient (Wildman–Crippen LogP) is 4.73. The van der Waals surface area contributed by atoms with Gasteiger partial charge in [-0.3, -0.25) is 0 Å². The molecule has 1 aromatic carbocycles. The lowest BCUT2D eigenvalue weighted by atomic mass is 9.75. The van der Waals surface area contributed by atoms with Gasteiger partial charge in [-0.2, -0.15) is 0 Å². The van der Waals surface area contributed by atoms with E-state index in [4.69, 9.17) is 5.73 Å². The van der Waals surface area contributed by atoms with Crippen molar-refractivity contribution in [1.82, 2.24) is 0 Å². The number of nitrogens with two attached hydrogens (primary N) is 1. The number of benzene rings is 1. The van der Waals surface area contributed by atoms with Crippen LogP contribution in [-0.2, 0) is 0 Å². The van der Waals surface area contributed by atoms with Gasteiger partial charge >= 0.3 is 0 Å². The normalized spacial score (nSPS) is 19.2. The van der Waals surface area contributed by atoms with E-state index in [0.29, 0.717) is 5.41 Å². The molecule has 0 aliphatic carbocycles. The smallest absolute Gasteiger partial charge is 0.0377 e. The molecule has 0 amide bonds. The summed E-state index contributed by atoms with van der Waals surface area (Å²) in [5.41, 5.74) is 8.89. The number of halogens is 1. The number of rotatable bonds is 2. The van der Waals surface area contributed by atoms with E-state index in [1.54, 1.807) is 0 Å². The Hall–Kier alpha value is -0.540. The fourth-order valence-electron chi connectivity index (χ4n) is 3.09. The Labute approximate surface area is 131 Å². The van der Waals surface area contributed by atoms with Crippen molar-refractivity contribution < 1.29 is 0 Å². The van der Waals surface area contributed by atoms with Crippen LogP contribution < -0.4 is 10.6 Å². The number of hydrogen-bond acceptors (Lipinski definition) is 2. The quantitative estimate of drug-likeness (QED) is 0.844. The van der Waals surface area contributed by atoms with Gasteiger partial charge in [0.1, 0.15) is 0 Å². The highest BCUT2D eigenvalue weighted by atomic mass is 79.9. The summed E-state index contributed by atoms with van der Waals surface area (Å²) in [4.78, 5) is 2.50. The highest BCUT2D eigenvalue weighted by Gasteiger charge is 2.28. The van der Waals surface area contributed by atoms with Crippen molar-refractivity contribution in [2.24, 2.45) is 17.1 Å². The highest BCUT2D eigenvalue weighted by molar-refractivity contribution is 9.10. The number of nitrogens with zero attached hydrogens (tertiary/aromatic N) is 1. The van der Waals surface area contributed by atoms with Gasteiger partial charge < -0.3 is 10.6 Å². The third-order valence-electron chi connectivity index (χ3n) is 4.56. The third-order valence-corrected chi connectivity index (χ3v) is 5.25. The number of piperidine rings is 1. The van der Waals surface area contributed by atoms with Crippen LogP contribution in [0.2, 0.25) is 0 Å². The summed E-state index contributed by atoms with van der Waals surface area (Å²) in [5, 5.41) is 0. The minimum absolute atomic E-state index is 0.0741. The zero-order valence-electron chi connectivity index (χ0n) is 13.1. The van der Waals surface area contributed by atoms with Crippen LogP contribution in [0.15, 0.2) is 22.7 Å². The molecule has 1 atom stereocenters. The van der Waals surface area contributed by atoms with Crippen LogP contribution in [0.1, 0.15) is 52.1 Å². The Morgan fingerprint density at radius 2 is 1.85 bits per heavy atom. The maximum absolute atomic E-state index is 5.97. The summed E-state index contributed by atoms with van der Waals surface area (Å²) in [5.74, 6) is 0.838. The summed E-state index contributed by atoms with van der Waals surface area (Å²) in [6.07, 6.45) is 2.58. The first kappa shape index (κ1) is 15.8. The van der Waals surface area contributed by atoms with Gasteiger partial charge in [0, 0.05) is 29.3 Å². The van der Waals surface area contributed by atoms with E-state index >= 15 is 0 Å². The Kier molecular flexibility index (Phi) is 4.80. The van der Waals surface area contributed by atoms with E-state index in [1.807, 2.05) is 6.92 Å². The van der Waals surface area contributed by atoms with Crippen molar-refractivity contribution in [3.63, 3.8) is 0 Å². The van der Waals surface area contributed by atoms with E-state index in [2.05, 4.69) is 59.8 Å². The molecule has 20 heavy (non-hydrogen) atoms. The van der Waals surface area contributed by atoms with Gasteiger partial charge in [0.15, 0.2) is 0 Å². The van der Waals surface area contributed by atoms with Crippen molar-refractivity contribution in [2.75, 3.05) is 18.0 Å². The van der Waals surface area contributed by atoms with E-state index in [9.17, 15) is 0 Å². The van der Waals surface area contributed by atoms with Gasteiger partial charge in [-0.05, 0) is 48.8 Å². The molecular formula is C17H27BrN2. The molecule has 2 rings (SSSR count). The Bertz CT molecular complexity index is 455. The van der Waals surface area contributed by atoms with Gasteiger partial charge in [-0.1, -0.05) is 42.8 Å². The maximum atomic E-state index is 5.97. The molecule has 3 heteroatoms. The molecule has 2 nitrogen and oxygen atoms in total. The zero-order chi connectivity index (χ0) is 14.9. The molecule has 1 aliphatic rings. The summed E-state index contributed by atoms with van der Waals surface area (Å²) in [6.45, 7) is 11.4. The van der Waals surface area contributed by atoms with E-state index in [0.717, 1.165) is 23.5 Å². The molecule has 0 bridgehead atoms. The molecule has 112 valence electrons. The molecule has 1 unspecified atom stereocenters. The van der Waals surface area contributed by atoms with E-state index in [-0.39, 0.29) is 6.04 Å². The lowest BCUT2D eigenvalue weighted by Gasteiger charge is -2.40. The Balaban J connectivity index is 2.06. The monoisotopic (exact) mass is 338 g/mol.